The summed E-state index contributed by atoms with van der Waals surface area (Å²) in [4.78, 5) is 14.3. The normalized spacial score (nSPS) is 23.4. The van der Waals surface area contributed by atoms with Crippen molar-refractivity contribution in [2.24, 2.45) is 11.7 Å². The monoisotopic (exact) mass is 282 g/mol. The molecular weight excluding hydrogens is 264 g/mol. The molecule has 3 N–H and O–H groups in total. The van der Waals surface area contributed by atoms with E-state index in [2.05, 4.69) is 0 Å². The molecule has 1 aromatic rings. The molecule has 104 valence electrons. The average molecular weight is 283 g/mol. The minimum atomic E-state index is -0.153. The topological polar surface area (TPSA) is 66.6 Å². The molecule has 1 aromatic carbocycles. The molecule has 0 spiro atoms. The molecule has 1 heterocycles. The van der Waals surface area contributed by atoms with Gasteiger partial charge in [0.1, 0.15) is 5.75 Å². The van der Waals surface area contributed by atoms with Gasteiger partial charge in [-0.15, -0.1) is 0 Å². The summed E-state index contributed by atoms with van der Waals surface area (Å²) in [5.41, 5.74) is 5.99. The van der Waals surface area contributed by atoms with Gasteiger partial charge >= 0.3 is 0 Å². The Kier molecular flexibility index (Phi) is 4.32. The lowest BCUT2D eigenvalue weighted by atomic mass is 9.93. The fourth-order valence-corrected chi connectivity index (χ4v) is 2.66. The number of hydrogen-bond acceptors (Lipinski definition) is 3. The molecule has 1 fully saturated rings. The number of carbonyl (C=O) groups excluding carboxylic acids is 1. The first-order valence-electron chi connectivity index (χ1n) is 6.52. The second-order valence-electron chi connectivity index (χ2n) is 5.15. The summed E-state index contributed by atoms with van der Waals surface area (Å²) in [5.74, 6) is 0.119. The van der Waals surface area contributed by atoms with Crippen LogP contribution < -0.4 is 5.73 Å². The molecule has 1 aliphatic rings. The van der Waals surface area contributed by atoms with Gasteiger partial charge in [0.25, 0.3) is 5.91 Å². The van der Waals surface area contributed by atoms with Gasteiger partial charge in [-0.1, -0.05) is 11.6 Å². The Balaban J connectivity index is 2.22. The summed E-state index contributed by atoms with van der Waals surface area (Å²) < 4.78 is 0. The first-order chi connectivity index (χ1) is 9.02. The number of hydrogen-bond donors (Lipinski definition) is 2. The van der Waals surface area contributed by atoms with Gasteiger partial charge in [0, 0.05) is 17.6 Å². The fourth-order valence-electron chi connectivity index (χ4n) is 2.50. The molecule has 2 atom stereocenters. The van der Waals surface area contributed by atoms with Gasteiger partial charge in [-0.2, -0.15) is 0 Å². The van der Waals surface area contributed by atoms with E-state index in [4.69, 9.17) is 17.3 Å². The largest absolute Gasteiger partial charge is 0.507 e. The van der Waals surface area contributed by atoms with Crippen LogP contribution in [-0.2, 0) is 0 Å². The molecule has 5 heteroatoms. The Morgan fingerprint density at radius 3 is 2.89 bits per heavy atom. The highest BCUT2D eigenvalue weighted by Gasteiger charge is 2.30. The first-order valence-corrected chi connectivity index (χ1v) is 6.90. The highest BCUT2D eigenvalue weighted by Crippen LogP contribution is 2.27. The molecular formula is C14H19ClN2O2. The predicted octanol–water partition coefficient (Wildman–Crippen LogP) is 2.25. The Labute approximate surface area is 118 Å². The van der Waals surface area contributed by atoms with Crippen LogP contribution in [0.2, 0.25) is 5.02 Å². The van der Waals surface area contributed by atoms with Crippen molar-refractivity contribution in [3.05, 3.63) is 28.8 Å². The van der Waals surface area contributed by atoms with E-state index in [1.54, 1.807) is 17.0 Å². The Morgan fingerprint density at radius 1 is 1.53 bits per heavy atom. The number of rotatable bonds is 2. The van der Waals surface area contributed by atoms with Crippen LogP contribution in [0.1, 0.15) is 30.1 Å². The number of carbonyl (C=O) groups is 1. The minimum absolute atomic E-state index is 0.0698. The Bertz CT molecular complexity index is 479. The van der Waals surface area contributed by atoms with Crippen molar-refractivity contribution >= 4 is 17.5 Å². The molecule has 19 heavy (non-hydrogen) atoms. The van der Waals surface area contributed by atoms with E-state index in [1.165, 1.54) is 6.07 Å². The predicted molar refractivity (Wildman–Crippen MR) is 75.4 cm³/mol. The average Bonchev–Trinajstić information content (AvgIpc) is 2.38. The number of nitrogens with zero attached hydrogens (tertiary/aromatic N) is 1. The zero-order valence-corrected chi connectivity index (χ0v) is 11.7. The summed E-state index contributed by atoms with van der Waals surface area (Å²) in [5, 5.41) is 10.3. The Morgan fingerprint density at radius 2 is 2.26 bits per heavy atom. The number of likely N-dealkylation sites (tertiary alicyclic amines) is 1. The number of amides is 1. The van der Waals surface area contributed by atoms with Crippen molar-refractivity contribution in [1.82, 2.24) is 4.90 Å². The highest BCUT2D eigenvalue weighted by molar-refractivity contribution is 6.30. The number of phenolic OH excluding ortho intramolecular Hbond substituents is 1. The molecule has 0 saturated carbocycles. The van der Waals surface area contributed by atoms with E-state index in [0.717, 1.165) is 12.8 Å². The number of phenols is 1. The van der Waals surface area contributed by atoms with E-state index in [9.17, 15) is 9.90 Å². The maximum Gasteiger partial charge on any atom is 0.257 e. The maximum absolute atomic E-state index is 12.5. The van der Waals surface area contributed by atoms with Gasteiger partial charge in [-0.3, -0.25) is 4.79 Å². The summed E-state index contributed by atoms with van der Waals surface area (Å²) >= 11 is 5.78. The van der Waals surface area contributed by atoms with Crippen molar-refractivity contribution in [2.75, 3.05) is 13.1 Å². The molecule has 1 saturated heterocycles. The SMILES string of the molecule is CC1CCC(CN)CN1C(=O)c1ccc(Cl)cc1O. The molecule has 4 nitrogen and oxygen atoms in total. The van der Waals surface area contributed by atoms with Crippen molar-refractivity contribution in [1.29, 1.82) is 0 Å². The van der Waals surface area contributed by atoms with E-state index in [-0.39, 0.29) is 17.7 Å². The van der Waals surface area contributed by atoms with Crippen LogP contribution in [0.3, 0.4) is 0 Å². The van der Waals surface area contributed by atoms with E-state index in [0.29, 0.717) is 29.6 Å². The van der Waals surface area contributed by atoms with Gasteiger partial charge in [-0.25, -0.2) is 0 Å². The van der Waals surface area contributed by atoms with Crippen molar-refractivity contribution in [3.8, 4) is 5.75 Å². The quantitative estimate of drug-likeness (QED) is 0.874. The van der Waals surface area contributed by atoms with Crippen LogP contribution in [0.4, 0.5) is 0 Å². The zero-order chi connectivity index (χ0) is 14.0. The molecule has 0 bridgehead atoms. The third-order valence-corrected chi connectivity index (χ3v) is 4.00. The molecule has 1 aliphatic heterocycles. The van der Waals surface area contributed by atoms with E-state index in [1.807, 2.05) is 6.92 Å². The number of nitrogens with two attached hydrogens (primary N) is 1. The van der Waals surface area contributed by atoms with Gasteiger partial charge in [-0.05, 0) is 50.4 Å². The number of benzene rings is 1. The summed E-state index contributed by atoms with van der Waals surface area (Å²) in [6.45, 7) is 3.26. The second kappa shape index (κ2) is 5.80. The third-order valence-electron chi connectivity index (χ3n) is 3.76. The fraction of sp³-hybridized carbons (Fsp3) is 0.500. The standard InChI is InChI=1S/C14H19ClN2O2/c1-9-2-3-10(7-16)8-17(9)14(19)12-5-4-11(15)6-13(12)18/h4-6,9-10,18H,2-3,7-8,16H2,1H3. The maximum atomic E-state index is 12.5. The van der Waals surface area contributed by atoms with E-state index < -0.39 is 0 Å². The summed E-state index contributed by atoms with van der Waals surface area (Å²) in [7, 11) is 0. The van der Waals surface area contributed by atoms with Gasteiger partial charge in [0.05, 0.1) is 5.56 Å². The molecule has 1 amide bonds. The minimum Gasteiger partial charge on any atom is -0.507 e. The van der Waals surface area contributed by atoms with Gasteiger partial charge in [0.15, 0.2) is 0 Å². The molecule has 2 rings (SSSR count). The molecule has 0 aromatic heterocycles. The molecule has 0 radical (unpaired) electrons. The lowest BCUT2D eigenvalue weighted by molar-refractivity contribution is 0.0564. The lowest BCUT2D eigenvalue weighted by Crippen LogP contribution is -2.47. The first kappa shape index (κ1) is 14.2. The smallest absolute Gasteiger partial charge is 0.257 e. The van der Waals surface area contributed by atoms with E-state index >= 15 is 0 Å². The molecule has 2 unspecified atom stereocenters. The molecule has 0 aliphatic carbocycles. The number of piperidine rings is 1. The van der Waals surface area contributed by atoms with Crippen molar-refractivity contribution in [3.63, 3.8) is 0 Å². The van der Waals surface area contributed by atoms with Crippen molar-refractivity contribution in [2.45, 2.75) is 25.8 Å². The van der Waals surface area contributed by atoms with Gasteiger partial charge in [0.2, 0.25) is 0 Å². The Hall–Kier alpha value is -1.26. The highest BCUT2D eigenvalue weighted by atomic mass is 35.5. The van der Waals surface area contributed by atoms with Crippen LogP contribution in [0.25, 0.3) is 0 Å². The second-order valence-corrected chi connectivity index (χ2v) is 5.58. The van der Waals surface area contributed by atoms with Crippen LogP contribution in [0, 0.1) is 5.92 Å². The van der Waals surface area contributed by atoms with Crippen LogP contribution in [-0.4, -0.2) is 35.0 Å². The van der Waals surface area contributed by atoms with Crippen LogP contribution in [0.5, 0.6) is 5.75 Å². The van der Waals surface area contributed by atoms with Gasteiger partial charge < -0.3 is 15.7 Å². The number of halogens is 1. The number of aromatic hydroxyl groups is 1. The van der Waals surface area contributed by atoms with Crippen molar-refractivity contribution < 1.29 is 9.90 Å². The van der Waals surface area contributed by atoms with Crippen LogP contribution >= 0.6 is 11.6 Å². The summed E-state index contributed by atoms with van der Waals surface area (Å²) in [6.07, 6.45) is 2.00. The zero-order valence-electron chi connectivity index (χ0n) is 11.0. The third kappa shape index (κ3) is 3.01. The summed E-state index contributed by atoms with van der Waals surface area (Å²) in [6, 6.07) is 4.75. The van der Waals surface area contributed by atoms with Crippen LogP contribution in [0.15, 0.2) is 18.2 Å². The lowest BCUT2D eigenvalue weighted by Gasteiger charge is -2.37.